The minimum atomic E-state index is 0.109. The maximum absolute atomic E-state index is 6.29. The highest BCUT2D eigenvalue weighted by molar-refractivity contribution is 6.31. The third kappa shape index (κ3) is 1.58. The summed E-state index contributed by atoms with van der Waals surface area (Å²) < 4.78 is 0. The second-order valence-corrected chi connectivity index (χ2v) is 5.52. The van der Waals surface area contributed by atoms with Crippen molar-refractivity contribution in [2.45, 2.75) is 38.1 Å². The van der Waals surface area contributed by atoms with Crippen LogP contribution in [0.3, 0.4) is 0 Å². The molecule has 1 atom stereocenters. The molecule has 1 fully saturated rings. The summed E-state index contributed by atoms with van der Waals surface area (Å²) in [6, 6.07) is 8.19. The molecule has 82 valence electrons. The van der Waals surface area contributed by atoms with Crippen LogP contribution in [0.5, 0.6) is 0 Å². The zero-order chi connectivity index (χ0) is 11.1. The molecule has 1 aromatic rings. The maximum atomic E-state index is 6.29. The smallest absolute Gasteiger partial charge is 0.0444 e. The van der Waals surface area contributed by atoms with Crippen molar-refractivity contribution < 1.29 is 0 Å². The molecule has 1 saturated heterocycles. The molecule has 2 heteroatoms. The average Bonchev–Trinajstić information content (AvgIpc) is 2.43. The lowest BCUT2D eigenvalue weighted by Crippen LogP contribution is -2.47. The zero-order valence-corrected chi connectivity index (χ0v) is 10.4. The number of hydrogen-bond donors (Lipinski definition) is 1. The average molecular weight is 224 g/mol. The number of nitrogens with one attached hydrogen (secondary N) is 1. The van der Waals surface area contributed by atoms with Gasteiger partial charge in [-0.15, -0.1) is 0 Å². The lowest BCUT2D eigenvalue weighted by Gasteiger charge is -2.39. The molecule has 2 rings (SSSR count). The van der Waals surface area contributed by atoms with Gasteiger partial charge in [-0.2, -0.15) is 0 Å². The predicted octanol–water partition coefficient (Wildman–Crippen LogP) is 3.37. The Balaban J connectivity index is 2.50. The highest BCUT2D eigenvalue weighted by Crippen LogP contribution is 2.44. The Hall–Kier alpha value is -0.530. The number of benzene rings is 1. The summed E-state index contributed by atoms with van der Waals surface area (Å²) >= 11 is 6.29. The normalized spacial score (nSPS) is 29.3. The molecule has 0 aromatic heterocycles. The molecular formula is C13H18ClN. The predicted molar refractivity (Wildman–Crippen MR) is 65.5 cm³/mol. The Kier molecular flexibility index (Phi) is 2.56. The van der Waals surface area contributed by atoms with Gasteiger partial charge in [-0.05, 0) is 38.4 Å². The molecule has 0 bridgehead atoms. The molecule has 0 spiro atoms. The topological polar surface area (TPSA) is 12.0 Å². The molecule has 1 N–H and O–H groups in total. The molecular weight excluding hydrogens is 206 g/mol. The third-order valence-electron chi connectivity index (χ3n) is 4.04. The minimum absolute atomic E-state index is 0.109. The van der Waals surface area contributed by atoms with Gasteiger partial charge in [0.2, 0.25) is 0 Å². The quantitative estimate of drug-likeness (QED) is 0.770. The molecule has 1 aliphatic rings. The Labute approximate surface area is 96.8 Å². The SMILES string of the molecule is CC1(C)NCCC1(C)c1ccccc1Cl. The van der Waals surface area contributed by atoms with Gasteiger partial charge in [0, 0.05) is 16.0 Å². The Bertz CT molecular complexity index is 373. The van der Waals surface area contributed by atoms with Gasteiger partial charge in [0.25, 0.3) is 0 Å². The van der Waals surface area contributed by atoms with E-state index in [0.717, 1.165) is 18.0 Å². The molecule has 0 saturated carbocycles. The standard InChI is InChI=1S/C13H18ClN/c1-12(2)13(3,8-9-15-12)10-6-4-5-7-11(10)14/h4-7,15H,8-9H2,1-3H3. The highest BCUT2D eigenvalue weighted by atomic mass is 35.5. The number of halogens is 1. The van der Waals surface area contributed by atoms with Crippen molar-refractivity contribution in [2.75, 3.05) is 6.54 Å². The van der Waals surface area contributed by atoms with Crippen molar-refractivity contribution in [1.82, 2.24) is 5.32 Å². The van der Waals surface area contributed by atoms with Crippen LogP contribution >= 0.6 is 11.6 Å². The first kappa shape index (κ1) is 11.0. The summed E-state index contributed by atoms with van der Waals surface area (Å²) in [6.45, 7) is 7.87. The van der Waals surface area contributed by atoms with Gasteiger partial charge in [-0.1, -0.05) is 36.7 Å². The van der Waals surface area contributed by atoms with Crippen LogP contribution in [0.2, 0.25) is 5.02 Å². The van der Waals surface area contributed by atoms with Crippen molar-refractivity contribution in [3.8, 4) is 0 Å². The lowest BCUT2D eigenvalue weighted by molar-refractivity contribution is 0.297. The first-order valence-corrected chi connectivity index (χ1v) is 5.85. The van der Waals surface area contributed by atoms with E-state index in [1.807, 2.05) is 12.1 Å². The van der Waals surface area contributed by atoms with Gasteiger partial charge in [0.05, 0.1) is 0 Å². The fraction of sp³-hybridized carbons (Fsp3) is 0.538. The number of rotatable bonds is 1. The second kappa shape index (κ2) is 3.50. The third-order valence-corrected chi connectivity index (χ3v) is 4.37. The zero-order valence-electron chi connectivity index (χ0n) is 9.60. The van der Waals surface area contributed by atoms with E-state index in [1.165, 1.54) is 5.56 Å². The van der Waals surface area contributed by atoms with Gasteiger partial charge >= 0.3 is 0 Å². The summed E-state index contributed by atoms with van der Waals surface area (Å²) in [7, 11) is 0. The molecule has 15 heavy (non-hydrogen) atoms. The van der Waals surface area contributed by atoms with Gasteiger partial charge in [0.15, 0.2) is 0 Å². The summed E-state index contributed by atoms with van der Waals surface area (Å²) in [6.07, 6.45) is 1.14. The summed E-state index contributed by atoms with van der Waals surface area (Å²) in [5.74, 6) is 0. The largest absolute Gasteiger partial charge is 0.311 e. The maximum Gasteiger partial charge on any atom is 0.0444 e. The van der Waals surface area contributed by atoms with Crippen molar-refractivity contribution in [1.29, 1.82) is 0 Å². The minimum Gasteiger partial charge on any atom is -0.311 e. The fourth-order valence-electron chi connectivity index (χ4n) is 2.51. The van der Waals surface area contributed by atoms with Crippen molar-refractivity contribution in [3.05, 3.63) is 34.9 Å². The van der Waals surface area contributed by atoms with E-state index >= 15 is 0 Å². The van der Waals surface area contributed by atoms with E-state index in [2.05, 4.69) is 38.2 Å². The Morgan fingerprint density at radius 2 is 1.87 bits per heavy atom. The summed E-state index contributed by atoms with van der Waals surface area (Å²) in [4.78, 5) is 0. The van der Waals surface area contributed by atoms with Crippen LogP contribution in [0.1, 0.15) is 32.8 Å². The van der Waals surface area contributed by atoms with Crippen molar-refractivity contribution in [3.63, 3.8) is 0 Å². The van der Waals surface area contributed by atoms with Gasteiger partial charge in [-0.25, -0.2) is 0 Å². The fourth-order valence-corrected chi connectivity index (χ4v) is 2.86. The van der Waals surface area contributed by atoms with E-state index in [1.54, 1.807) is 0 Å². The van der Waals surface area contributed by atoms with E-state index in [-0.39, 0.29) is 11.0 Å². The number of hydrogen-bond acceptors (Lipinski definition) is 1. The molecule has 1 unspecified atom stereocenters. The van der Waals surface area contributed by atoms with Crippen molar-refractivity contribution in [2.24, 2.45) is 0 Å². The van der Waals surface area contributed by atoms with Crippen LogP contribution in [0.25, 0.3) is 0 Å². The molecule has 0 aliphatic carbocycles. The molecule has 0 amide bonds. The lowest BCUT2D eigenvalue weighted by atomic mass is 9.69. The van der Waals surface area contributed by atoms with Gasteiger partial charge in [0.1, 0.15) is 0 Å². The molecule has 1 aliphatic heterocycles. The second-order valence-electron chi connectivity index (χ2n) is 5.11. The summed E-state index contributed by atoms with van der Waals surface area (Å²) in [5, 5.41) is 4.44. The molecule has 1 aromatic carbocycles. The first-order chi connectivity index (χ1) is 6.97. The molecule has 1 heterocycles. The van der Waals surface area contributed by atoms with Crippen LogP contribution in [-0.4, -0.2) is 12.1 Å². The van der Waals surface area contributed by atoms with Crippen LogP contribution in [0.15, 0.2) is 24.3 Å². The molecule has 1 nitrogen and oxygen atoms in total. The summed E-state index contributed by atoms with van der Waals surface area (Å²) in [5.41, 5.74) is 1.50. The Morgan fingerprint density at radius 3 is 2.40 bits per heavy atom. The van der Waals surface area contributed by atoms with Crippen molar-refractivity contribution >= 4 is 11.6 Å². The van der Waals surface area contributed by atoms with E-state index in [0.29, 0.717) is 0 Å². The van der Waals surface area contributed by atoms with Crippen LogP contribution in [0, 0.1) is 0 Å². The Morgan fingerprint density at radius 1 is 1.20 bits per heavy atom. The van der Waals surface area contributed by atoms with Crippen LogP contribution < -0.4 is 5.32 Å². The van der Waals surface area contributed by atoms with E-state index in [4.69, 9.17) is 11.6 Å². The van der Waals surface area contributed by atoms with E-state index < -0.39 is 0 Å². The highest BCUT2D eigenvalue weighted by Gasteiger charge is 2.46. The monoisotopic (exact) mass is 223 g/mol. The first-order valence-electron chi connectivity index (χ1n) is 5.47. The van der Waals surface area contributed by atoms with E-state index in [9.17, 15) is 0 Å². The van der Waals surface area contributed by atoms with Crippen LogP contribution in [-0.2, 0) is 5.41 Å². The van der Waals surface area contributed by atoms with Gasteiger partial charge in [-0.3, -0.25) is 0 Å². The van der Waals surface area contributed by atoms with Gasteiger partial charge < -0.3 is 5.32 Å². The molecule has 0 radical (unpaired) electrons. The van der Waals surface area contributed by atoms with Crippen LogP contribution in [0.4, 0.5) is 0 Å².